The maximum atomic E-state index is 13.3. The van der Waals surface area contributed by atoms with Gasteiger partial charge in [-0.1, -0.05) is 18.2 Å². The van der Waals surface area contributed by atoms with Gasteiger partial charge in [0.2, 0.25) is 15.9 Å². The lowest BCUT2D eigenvalue weighted by atomic mass is 10.1. The molecule has 0 radical (unpaired) electrons. The summed E-state index contributed by atoms with van der Waals surface area (Å²) in [6.45, 7) is 2.72. The number of para-hydroxylation sites is 1. The largest absolute Gasteiger partial charge is 0.461 e. The number of aromatic nitrogens is 1. The summed E-state index contributed by atoms with van der Waals surface area (Å²) in [5.41, 5.74) is 2.11. The van der Waals surface area contributed by atoms with Gasteiger partial charge in [-0.25, -0.2) is 13.2 Å². The Labute approximate surface area is 176 Å². The first-order valence-corrected chi connectivity index (χ1v) is 11.5. The molecule has 1 amide bonds. The first-order chi connectivity index (χ1) is 14.3. The number of sulfonamides is 1. The van der Waals surface area contributed by atoms with Crippen molar-refractivity contribution in [1.82, 2.24) is 8.87 Å². The highest BCUT2D eigenvalue weighted by atomic mass is 32.2. The van der Waals surface area contributed by atoms with Gasteiger partial charge in [-0.2, -0.15) is 4.31 Å². The van der Waals surface area contributed by atoms with Crippen molar-refractivity contribution < 1.29 is 22.7 Å². The number of fused-ring (bicyclic) bond motifs is 1. The number of amides is 1. The van der Waals surface area contributed by atoms with Crippen molar-refractivity contribution in [2.45, 2.75) is 37.1 Å². The Morgan fingerprint density at radius 3 is 2.73 bits per heavy atom. The molecule has 8 nitrogen and oxygen atoms in total. The molecule has 0 spiro atoms. The summed E-state index contributed by atoms with van der Waals surface area (Å²) >= 11 is 0. The van der Waals surface area contributed by atoms with Gasteiger partial charge in [0.15, 0.2) is 0 Å². The number of anilines is 1. The number of esters is 1. The number of carbonyl (C=O) groups is 2. The normalized spacial score (nSPS) is 19.1. The summed E-state index contributed by atoms with van der Waals surface area (Å²) in [6, 6.07) is 8.29. The minimum Gasteiger partial charge on any atom is -0.461 e. The molecule has 0 unspecified atom stereocenters. The molecule has 0 N–H and O–H groups in total. The van der Waals surface area contributed by atoms with Crippen LogP contribution >= 0.6 is 0 Å². The second-order valence-corrected chi connectivity index (χ2v) is 9.43. The third-order valence-corrected chi connectivity index (χ3v) is 7.59. The van der Waals surface area contributed by atoms with Crippen LogP contribution in [0.3, 0.4) is 0 Å². The van der Waals surface area contributed by atoms with E-state index in [1.165, 1.54) is 21.1 Å². The van der Waals surface area contributed by atoms with E-state index in [0.29, 0.717) is 19.4 Å². The van der Waals surface area contributed by atoms with Crippen molar-refractivity contribution in [3.05, 3.63) is 47.8 Å². The predicted octanol–water partition coefficient (Wildman–Crippen LogP) is 1.94. The monoisotopic (exact) mass is 431 g/mol. The Kier molecular flexibility index (Phi) is 5.42. The second-order valence-electron chi connectivity index (χ2n) is 7.53. The first-order valence-electron chi connectivity index (χ1n) is 10.1. The molecular formula is C21H25N3O5S. The van der Waals surface area contributed by atoms with E-state index in [1.54, 1.807) is 18.9 Å². The van der Waals surface area contributed by atoms with E-state index < -0.39 is 22.0 Å². The molecule has 1 aromatic heterocycles. The minimum atomic E-state index is -3.93. The molecule has 30 heavy (non-hydrogen) atoms. The topological polar surface area (TPSA) is 88.9 Å². The van der Waals surface area contributed by atoms with Crippen LogP contribution in [0, 0.1) is 0 Å². The lowest BCUT2D eigenvalue weighted by Crippen LogP contribution is -2.47. The number of carbonyl (C=O) groups excluding carboxylic acids is 2. The van der Waals surface area contributed by atoms with Gasteiger partial charge in [-0.15, -0.1) is 0 Å². The molecule has 0 bridgehead atoms. The molecule has 9 heteroatoms. The molecule has 2 aromatic rings. The average Bonchev–Trinajstić information content (AvgIpc) is 3.45. The third kappa shape index (κ3) is 3.41. The Morgan fingerprint density at radius 1 is 1.20 bits per heavy atom. The minimum absolute atomic E-state index is 0.00502. The summed E-state index contributed by atoms with van der Waals surface area (Å²) in [5, 5.41) is 0. The number of ether oxygens (including phenoxy) is 1. The molecule has 2 aliphatic rings. The van der Waals surface area contributed by atoms with E-state index in [1.807, 2.05) is 24.3 Å². The highest BCUT2D eigenvalue weighted by Gasteiger charge is 2.43. The van der Waals surface area contributed by atoms with Crippen LogP contribution in [0.1, 0.15) is 35.8 Å². The van der Waals surface area contributed by atoms with Crippen LogP contribution < -0.4 is 4.90 Å². The van der Waals surface area contributed by atoms with Crippen molar-refractivity contribution in [2.24, 2.45) is 7.05 Å². The Hall–Kier alpha value is -2.65. The molecule has 4 rings (SSSR count). The molecule has 1 atom stereocenters. The molecule has 1 saturated heterocycles. The summed E-state index contributed by atoms with van der Waals surface area (Å²) in [6.07, 6.45) is 3.26. The summed E-state index contributed by atoms with van der Waals surface area (Å²) in [7, 11) is -2.34. The molecule has 1 fully saturated rings. The van der Waals surface area contributed by atoms with Gasteiger partial charge in [-0.3, -0.25) is 4.79 Å². The number of nitrogens with zero attached hydrogens (tertiary/aromatic N) is 3. The average molecular weight is 432 g/mol. The third-order valence-electron chi connectivity index (χ3n) is 5.71. The van der Waals surface area contributed by atoms with E-state index in [9.17, 15) is 18.0 Å². The van der Waals surface area contributed by atoms with Crippen molar-refractivity contribution in [1.29, 1.82) is 0 Å². The maximum absolute atomic E-state index is 13.3. The summed E-state index contributed by atoms with van der Waals surface area (Å²) < 4.78 is 34.4. The van der Waals surface area contributed by atoms with Crippen LogP contribution in [0.15, 0.2) is 41.4 Å². The van der Waals surface area contributed by atoms with E-state index in [0.717, 1.165) is 17.7 Å². The van der Waals surface area contributed by atoms with Crippen molar-refractivity contribution in [3.63, 3.8) is 0 Å². The van der Waals surface area contributed by atoms with Crippen LogP contribution in [-0.4, -0.2) is 54.9 Å². The van der Waals surface area contributed by atoms with Gasteiger partial charge in [0, 0.05) is 32.0 Å². The smallest absolute Gasteiger partial charge is 0.354 e. The standard InChI is InChI=1S/C21H25N3O5S/c1-3-29-21(26)19-13-16(14-22(19)2)30(27,28)24-11-6-9-18(24)20(25)23-12-10-15-7-4-5-8-17(15)23/h4-5,7-8,13-14,18H,3,6,9-12H2,1-2H3/t18-/m1/s1. The Bertz CT molecular complexity index is 1090. The molecule has 0 saturated carbocycles. The van der Waals surface area contributed by atoms with E-state index in [-0.39, 0.29) is 29.6 Å². The zero-order valence-corrected chi connectivity index (χ0v) is 17.9. The van der Waals surface area contributed by atoms with Crippen molar-refractivity contribution in [3.8, 4) is 0 Å². The zero-order chi connectivity index (χ0) is 21.5. The maximum Gasteiger partial charge on any atom is 0.354 e. The van der Waals surface area contributed by atoms with Gasteiger partial charge >= 0.3 is 5.97 Å². The van der Waals surface area contributed by atoms with Crippen LogP contribution in [0.2, 0.25) is 0 Å². The van der Waals surface area contributed by atoms with E-state index >= 15 is 0 Å². The fourth-order valence-electron chi connectivity index (χ4n) is 4.24. The number of hydrogen-bond acceptors (Lipinski definition) is 5. The van der Waals surface area contributed by atoms with Gasteiger partial charge in [-0.05, 0) is 43.9 Å². The van der Waals surface area contributed by atoms with Crippen molar-refractivity contribution in [2.75, 3.05) is 24.6 Å². The fraction of sp³-hybridized carbons (Fsp3) is 0.429. The van der Waals surface area contributed by atoms with Gasteiger partial charge < -0.3 is 14.2 Å². The van der Waals surface area contributed by atoms with Crippen molar-refractivity contribution >= 4 is 27.6 Å². The van der Waals surface area contributed by atoms with Crippen LogP contribution in [0.25, 0.3) is 0 Å². The first kappa shape index (κ1) is 20.6. The molecule has 3 heterocycles. The van der Waals surface area contributed by atoms with E-state index in [2.05, 4.69) is 0 Å². The fourth-order valence-corrected chi connectivity index (χ4v) is 5.96. The van der Waals surface area contributed by atoms with Crippen LogP contribution in [0.5, 0.6) is 0 Å². The number of rotatable bonds is 5. The second kappa shape index (κ2) is 7.88. The number of benzene rings is 1. The molecule has 160 valence electrons. The Morgan fingerprint density at radius 2 is 1.97 bits per heavy atom. The van der Waals surface area contributed by atoms with Gasteiger partial charge in [0.1, 0.15) is 16.6 Å². The SMILES string of the molecule is CCOC(=O)c1cc(S(=O)(=O)N2CCC[C@@H]2C(=O)N2CCc3ccccc32)cn1C. The molecule has 0 aliphatic carbocycles. The quantitative estimate of drug-likeness (QED) is 0.675. The van der Waals surface area contributed by atoms with Gasteiger partial charge in [0.05, 0.1) is 6.61 Å². The predicted molar refractivity (Wildman–Crippen MR) is 111 cm³/mol. The number of aryl methyl sites for hydroxylation is 1. The highest BCUT2D eigenvalue weighted by Crippen LogP contribution is 2.33. The molecule has 1 aromatic carbocycles. The van der Waals surface area contributed by atoms with Gasteiger partial charge in [0.25, 0.3) is 0 Å². The lowest BCUT2D eigenvalue weighted by Gasteiger charge is -2.27. The molecule has 2 aliphatic heterocycles. The summed E-state index contributed by atoms with van der Waals surface area (Å²) in [5.74, 6) is -0.772. The summed E-state index contributed by atoms with van der Waals surface area (Å²) in [4.78, 5) is 27.1. The lowest BCUT2D eigenvalue weighted by molar-refractivity contribution is -0.121. The van der Waals surface area contributed by atoms with E-state index in [4.69, 9.17) is 4.74 Å². The highest BCUT2D eigenvalue weighted by molar-refractivity contribution is 7.89. The number of hydrogen-bond donors (Lipinski definition) is 0. The van der Waals surface area contributed by atoms with Crippen LogP contribution in [-0.2, 0) is 33.0 Å². The molecular weight excluding hydrogens is 406 g/mol. The van der Waals surface area contributed by atoms with Crippen LogP contribution in [0.4, 0.5) is 5.69 Å². The Balaban J connectivity index is 1.61. The zero-order valence-electron chi connectivity index (χ0n) is 17.1.